The second-order valence-corrected chi connectivity index (χ2v) is 14.8. The molecular formula is C35H48N6O4S. The molecule has 0 saturated heterocycles. The van der Waals surface area contributed by atoms with Gasteiger partial charge in [0.05, 0.1) is 24.3 Å². The number of hydrogen-bond donors (Lipinski definition) is 4. The number of benzene rings is 2. The first-order valence-electron chi connectivity index (χ1n) is 16.0. The molecule has 11 heteroatoms. The molecule has 248 valence electrons. The predicted molar refractivity (Wildman–Crippen MR) is 186 cm³/mol. The highest BCUT2D eigenvalue weighted by Crippen LogP contribution is 2.41. The minimum Gasteiger partial charge on any atom is -0.394 e. The van der Waals surface area contributed by atoms with Crippen LogP contribution in [-0.2, 0) is 40.5 Å². The van der Waals surface area contributed by atoms with Gasteiger partial charge in [-0.05, 0) is 93.5 Å². The van der Waals surface area contributed by atoms with Gasteiger partial charge < -0.3 is 24.9 Å². The molecule has 1 aliphatic carbocycles. The molecule has 2 aromatic carbocycles. The lowest BCUT2D eigenvalue weighted by Gasteiger charge is -2.39. The van der Waals surface area contributed by atoms with Gasteiger partial charge in [-0.2, -0.15) is 0 Å². The summed E-state index contributed by atoms with van der Waals surface area (Å²) in [6, 6.07) is 12.4. The standard InChI is InChI=1S/C21H27N3O2.C14H21N3O2S/c1-4-15(12-25)22-21(26)14-8-17-16-6-5-7-18-20(16)13(10-23(18)2)9-19(17)24(3)11-14;1-15-20(18,19)10-11-4-5-14-13(8-11)12(9-16-14)6-7-17(2)3/h5-8,10,14-15,19,25H,4,9,11-12H2,1-3H3,(H,22,26);4-5,8-9,15-16H,6-7,10H2,1-3H3/t14-,15+,19-;/m1./s1. The van der Waals surface area contributed by atoms with E-state index >= 15 is 0 Å². The van der Waals surface area contributed by atoms with Gasteiger partial charge >= 0.3 is 0 Å². The van der Waals surface area contributed by atoms with Crippen LogP contribution in [0.15, 0.2) is 54.9 Å². The van der Waals surface area contributed by atoms with Gasteiger partial charge in [0.15, 0.2) is 0 Å². The van der Waals surface area contributed by atoms with Crippen molar-refractivity contribution in [1.29, 1.82) is 0 Å². The van der Waals surface area contributed by atoms with E-state index in [9.17, 15) is 18.3 Å². The SMILES string of the molecule is CC[C@@H](CO)NC(=O)[C@@H]1C=C2c3cccc4c3c(cn4C)C[C@H]2N(C)C1.CNS(=O)(=O)Cc1ccc2[nH]cc(CCN(C)C)c2c1. The molecular weight excluding hydrogens is 600 g/mol. The molecule has 0 saturated carbocycles. The zero-order valence-corrected chi connectivity index (χ0v) is 28.6. The summed E-state index contributed by atoms with van der Waals surface area (Å²) in [7, 11) is 6.49. The number of aliphatic hydroxyl groups is 1. The van der Waals surface area contributed by atoms with Crippen molar-refractivity contribution in [1.82, 2.24) is 29.4 Å². The zero-order chi connectivity index (χ0) is 33.2. The molecule has 46 heavy (non-hydrogen) atoms. The Labute approximate surface area is 272 Å². The Balaban J connectivity index is 0.000000188. The number of aromatic amines is 1. The number of nitrogens with one attached hydrogen (secondary N) is 3. The first-order valence-corrected chi connectivity index (χ1v) is 17.6. The quantitative estimate of drug-likeness (QED) is 0.210. The number of H-pyrrole nitrogens is 1. The van der Waals surface area contributed by atoms with Gasteiger partial charge in [0.2, 0.25) is 15.9 Å². The number of carbonyl (C=O) groups is 1. The summed E-state index contributed by atoms with van der Waals surface area (Å²) in [5.74, 6) is -0.167. The minimum absolute atomic E-state index is 0.00901. The van der Waals surface area contributed by atoms with Crippen LogP contribution in [-0.4, -0.2) is 98.8 Å². The van der Waals surface area contributed by atoms with E-state index < -0.39 is 10.0 Å². The topological polar surface area (TPSA) is 123 Å². The second kappa shape index (κ2) is 14.1. The lowest BCUT2D eigenvalue weighted by molar-refractivity contribution is -0.125. The number of rotatable bonds is 10. The van der Waals surface area contributed by atoms with Crippen molar-refractivity contribution < 1.29 is 18.3 Å². The first kappa shape index (κ1) is 33.9. The van der Waals surface area contributed by atoms with Crippen molar-refractivity contribution in [3.05, 3.63) is 77.1 Å². The number of likely N-dealkylation sites (N-methyl/N-ethyl adjacent to an activating group) is 2. The number of amides is 1. The highest BCUT2D eigenvalue weighted by atomic mass is 32.2. The second-order valence-electron chi connectivity index (χ2n) is 12.9. The Kier molecular flexibility index (Phi) is 10.4. The number of sulfonamides is 1. The average Bonchev–Trinajstić information content (AvgIpc) is 3.59. The molecule has 0 unspecified atom stereocenters. The molecule has 10 nitrogen and oxygen atoms in total. The molecule has 0 fully saturated rings. The maximum atomic E-state index is 12.7. The van der Waals surface area contributed by atoms with Crippen molar-refractivity contribution in [3.8, 4) is 0 Å². The van der Waals surface area contributed by atoms with E-state index in [4.69, 9.17) is 0 Å². The highest BCUT2D eigenvalue weighted by Gasteiger charge is 2.36. The summed E-state index contributed by atoms with van der Waals surface area (Å²) < 4.78 is 27.8. The van der Waals surface area contributed by atoms with Crippen LogP contribution in [0.1, 0.15) is 35.6 Å². The summed E-state index contributed by atoms with van der Waals surface area (Å²) in [6.07, 6.45) is 9.06. The third-order valence-corrected chi connectivity index (χ3v) is 10.6. The van der Waals surface area contributed by atoms with Gasteiger partial charge in [-0.15, -0.1) is 0 Å². The average molecular weight is 649 g/mol. The number of nitrogens with zero attached hydrogens (tertiary/aromatic N) is 3. The van der Waals surface area contributed by atoms with Crippen molar-refractivity contribution in [3.63, 3.8) is 0 Å². The predicted octanol–water partition coefficient (Wildman–Crippen LogP) is 3.26. The van der Waals surface area contributed by atoms with Gasteiger partial charge in [0.1, 0.15) is 0 Å². The van der Waals surface area contributed by atoms with Gasteiger partial charge in [0.25, 0.3) is 0 Å². The molecule has 6 rings (SSSR count). The molecule has 1 aliphatic heterocycles. The number of fused-ring (bicyclic) bond motifs is 3. The molecule has 2 aromatic heterocycles. The van der Waals surface area contributed by atoms with Crippen LogP contribution in [0.2, 0.25) is 0 Å². The summed E-state index contributed by atoms with van der Waals surface area (Å²) in [6.45, 7) is 3.63. The Hall–Kier alpha value is -3.48. The maximum Gasteiger partial charge on any atom is 0.228 e. The van der Waals surface area contributed by atoms with Crippen LogP contribution in [0, 0.1) is 5.92 Å². The maximum absolute atomic E-state index is 12.7. The first-order chi connectivity index (χ1) is 21.9. The molecule has 1 amide bonds. The summed E-state index contributed by atoms with van der Waals surface area (Å²) in [5, 5.41) is 14.8. The Morgan fingerprint density at radius 1 is 1.20 bits per heavy atom. The van der Waals surface area contributed by atoms with Crippen LogP contribution < -0.4 is 10.0 Å². The van der Waals surface area contributed by atoms with Crippen molar-refractivity contribution >= 4 is 43.3 Å². The van der Waals surface area contributed by atoms with E-state index in [0.717, 1.165) is 42.3 Å². The monoisotopic (exact) mass is 648 g/mol. The lowest BCUT2D eigenvalue weighted by atomic mass is 9.80. The van der Waals surface area contributed by atoms with E-state index in [1.165, 1.54) is 40.2 Å². The molecule has 4 N–H and O–H groups in total. The van der Waals surface area contributed by atoms with Gasteiger partial charge in [0, 0.05) is 60.4 Å². The molecule has 0 spiro atoms. The van der Waals surface area contributed by atoms with Crippen LogP contribution in [0.25, 0.3) is 27.4 Å². The van der Waals surface area contributed by atoms with Crippen molar-refractivity contribution in [2.45, 2.75) is 44.0 Å². The zero-order valence-electron chi connectivity index (χ0n) is 27.8. The number of hydrogen-bond acceptors (Lipinski definition) is 6. The fraction of sp³-hybridized carbons (Fsp3) is 0.457. The fourth-order valence-corrected chi connectivity index (χ4v) is 7.40. The van der Waals surface area contributed by atoms with E-state index in [0.29, 0.717) is 12.6 Å². The van der Waals surface area contributed by atoms with Crippen molar-refractivity contribution in [2.24, 2.45) is 13.0 Å². The van der Waals surface area contributed by atoms with Gasteiger partial charge in [-0.25, -0.2) is 13.1 Å². The normalized spacial score (nSPS) is 18.7. The van der Waals surface area contributed by atoms with Crippen LogP contribution in [0.4, 0.5) is 0 Å². The molecule has 3 heterocycles. The van der Waals surface area contributed by atoms with Gasteiger partial charge in [-0.1, -0.05) is 31.2 Å². The number of carbonyl (C=O) groups excluding carboxylic acids is 1. The Morgan fingerprint density at radius 2 is 1.98 bits per heavy atom. The van der Waals surface area contributed by atoms with E-state index in [-0.39, 0.29) is 30.2 Å². The Morgan fingerprint density at radius 3 is 2.67 bits per heavy atom. The van der Waals surface area contributed by atoms with Crippen LogP contribution in [0.5, 0.6) is 0 Å². The molecule has 0 radical (unpaired) electrons. The molecule has 0 bridgehead atoms. The van der Waals surface area contributed by atoms with E-state index in [1.54, 1.807) is 0 Å². The third-order valence-electron chi connectivity index (χ3n) is 9.30. The van der Waals surface area contributed by atoms with Crippen LogP contribution in [0.3, 0.4) is 0 Å². The Bertz CT molecular complexity index is 1840. The summed E-state index contributed by atoms with van der Waals surface area (Å²) >= 11 is 0. The summed E-state index contributed by atoms with van der Waals surface area (Å²) in [5.41, 5.74) is 8.23. The van der Waals surface area contributed by atoms with E-state index in [2.05, 4.69) is 74.0 Å². The summed E-state index contributed by atoms with van der Waals surface area (Å²) in [4.78, 5) is 20.4. The molecule has 3 atom stereocenters. The lowest BCUT2D eigenvalue weighted by Crippen LogP contribution is -2.48. The molecule has 4 aromatic rings. The highest BCUT2D eigenvalue weighted by molar-refractivity contribution is 7.88. The van der Waals surface area contributed by atoms with Gasteiger partial charge in [-0.3, -0.25) is 9.69 Å². The third kappa shape index (κ3) is 7.24. The van der Waals surface area contributed by atoms with Crippen molar-refractivity contribution in [2.75, 3.05) is 47.9 Å². The van der Waals surface area contributed by atoms with E-state index in [1.807, 2.05) is 45.4 Å². The van der Waals surface area contributed by atoms with Crippen LogP contribution >= 0.6 is 0 Å². The molecule has 2 aliphatic rings. The largest absolute Gasteiger partial charge is 0.394 e. The fourth-order valence-electron chi connectivity index (χ4n) is 6.63. The smallest absolute Gasteiger partial charge is 0.228 e. The number of aryl methyl sites for hydroxylation is 1. The number of aromatic nitrogens is 2. The number of aliphatic hydroxyl groups excluding tert-OH is 1. The minimum atomic E-state index is -3.23.